The van der Waals surface area contributed by atoms with E-state index in [0.717, 1.165) is 0 Å². The van der Waals surface area contributed by atoms with Crippen molar-refractivity contribution in [3.05, 3.63) is 63.7 Å². The average Bonchev–Trinajstić information content (AvgIpc) is 3.29. The molecule has 4 aliphatic rings. The second-order valence-corrected chi connectivity index (χ2v) is 14.7. The minimum absolute atomic E-state index is 0.331. The Balaban J connectivity index is 1.42. The number of ether oxygens (including phenoxy) is 5. The van der Waals surface area contributed by atoms with Crippen LogP contribution in [0.25, 0.3) is 22.3 Å². The van der Waals surface area contributed by atoms with Crippen LogP contribution in [0.1, 0.15) is 63.5 Å². The van der Waals surface area contributed by atoms with Crippen molar-refractivity contribution in [1.82, 2.24) is 0 Å². The first-order valence-corrected chi connectivity index (χ1v) is 18.6. The maximum atomic E-state index is 14.6. The highest BCUT2D eigenvalue weighted by Crippen LogP contribution is 2.58. The van der Waals surface area contributed by atoms with Gasteiger partial charge in [0.25, 0.3) is 0 Å². The van der Waals surface area contributed by atoms with Crippen LogP contribution >= 0.6 is 0 Å². The number of carbonyl (C=O) groups is 5. The van der Waals surface area contributed by atoms with Gasteiger partial charge in [-0.1, -0.05) is 0 Å². The number of aliphatic hydroxyl groups is 1. The molecule has 4 aliphatic heterocycles. The number of fused-ring (bicyclic) bond motifs is 6. The van der Waals surface area contributed by atoms with Crippen molar-refractivity contribution < 1.29 is 129 Å². The van der Waals surface area contributed by atoms with E-state index in [4.69, 9.17) is 23.7 Å². The molecule has 5 aromatic rings. The number of hydrogen-bond donors (Lipinski definition) is 16. The summed E-state index contributed by atoms with van der Waals surface area (Å²) in [6.07, 6.45) is -13.4. The summed E-state index contributed by atoms with van der Waals surface area (Å²) in [5.74, 6) is -29.6. The largest absolute Gasteiger partial charge is 0.504 e. The zero-order valence-corrected chi connectivity index (χ0v) is 32.7. The summed E-state index contributed by atoms with van der Waals surface area (Å²) < 4.78 is 27.6. The van der Waals surface area contributed by atoms with E-state index in [1.165, 1.54) is 0 Å². The number of phenolic OH excluding ortho intramolecular Hbond substituents is 15. The van der Waals surface area contributed by atoms with Crippen molar-refractivity contribution >= 4 is 29.8 Å². The summed E-state index contributed by atoms with van der Waals surface area (Å²) in [6.45, 7) is -1.50. The summed E-state index contributed by atoms with van der Waals surface area (Å²) in [5, 5.41) is 172. The van der Waals surface area contributed by atoms with Crippen LogP contribution in [0.3, 0.4) is 0 Å². The molecule has 4 heterocycles. The molecule has 26 nitrogen and oxygen atoms in total. The zero-order chi connectivity index (χ0) is 49.0. The van der Waals surface area contributed by atoms with Gasteiger partial charge in [0.15, 0.2) is 87.7 Å². The zero-order valence-electron chi connectivity index (χ0n) is 32.7. The minimum Gasteiger partial charge on any atom is -0.504 e. The third-order valence-corrected chi connectivity index (χ3v) is 10.9. The van der Waals surface area contributed by atoms with Crippen LogP contribution in [-0.2, 0) is 23.7 Å². The molecular formula is C41H28O26. The Morgan fingerprint density at radius 3 is 1.33 bits per heavy atom. The molecular weight excluding hydrogens is 908 g/mol. The molecule has 0 unspecified atom stereocenters. The normalized spacial score (nSPS) is 19.9. The fourth-order valence-corrected chi connectivity index (χ4v) is 7.72. The van der Waals surface area contributed by atoms with Gasteiger partial charge < -0.3 is 105 Å². The Morgan fingerprint density at radius 1 is 0.433 bits per heavy atom. The Bertz CT molecular complexity index is 3060. The molecule has 348 valence electrons. The van der Waals surface area contributed by atoms with Crippen LogP contribution < -0.4 is 0 Å². The van der Waals surface area contributed by atoms with Gasteiger partial charge in [0.05, 0.1) is 27.8 Å². The summed E-state index contributed by atoms with van der Waals surface area (Å²) in [7, 11) is 0. The number of aliphatic hydroxyl groups excluding tert-OH is 1. The Morgan fingerprint density at radius 2 is 0.836 bits per heavy atom. The average molecular weight is 937 g/mol. The van der Waals surface area contributed by atoms with E-state index in [1.54, 1.807) is 0 Å². The van der Waals surface area contributed by atoms with Gasteiger partial charge in [0, 0.05) is 27.8 Å². The first-order chi connectivity index (χ1) is 31.5. The van der Waals surface area contributed by atoms with E-state index in [1.807, 2.05) is 0 Å². The van der Waals surface area contributed by atoms with Gasteiger partial charge in [-0.15, -0.1) is 0 Å². The molecule has 5 aromatic carbocycles. The second-order valence-electron chi connectivity index (χ2n) is 14.7. The molecule has 0 saturated carbocycles. The predicted molar refractivity (Wildman–Crippen MR) is 207 cm³/mol. The van der Waals surface area contributed by atoms with E-state index < -0.39 is 209 Å². The molecule has 0 aliphatic carbocycles. The monoisotopic (exact) mass is 936 g/mol. The number of cyclic esters (lactones) is 2. The highest BCUT2D eigenvalue weighted by Gasteiger charge is 2.54. The number of aromatic hydroxyl groups is 15. The lowest BCUT2D eigenvalue weighted by atomic mass is 9.82. The van der Waals surface area contributed by atoms with Crippen molar-refractivity contribution in [3.8, 4) is 108 Å². The van der Waals surface area contributed by atoms with E-state index in [-0.39, 0.29) is 0 Å². The molecule has 0 amide bonds. The van der Waals surface area contributed by atoms with Gasteiger partial charge in [-0.2, -0.15) is 0 Å². The lowest BCUT2D eigenvalue weighted by Gasteiger charge is -2.40. The van der Waals surface area contributed by atoms with Gasteiger partial charge in [0.2, 0.25) is 23.0 Å². The Hall–Kier alpha value is -9.59. The maximum absolute atomic E-state index is 14.6. The first kappa shape index (κ1) is 44.0. The molecule has 5 atom stereocenters. The Labute approximate surface area is 368 Å². The summed E-state index contributed by atoms with van der Waals surface area (Å²) in [4.78, 5) is 70.9. The van der Waals surface area contributed by atoms with Crippen molar-refractivity contribution in [2.45, 2.75) is 30.5 Å². The van der Waals surface area contributed by atoms with Crippen LogP contribution in [0.5, 0.6) is 86.2 Å². The molecule has 26 heteroatoms. The number of esters is 5. The van der Waals surface area contributed by atoms with Gasteiger partial charge in [0.1, 0.15) is 12.7 Å². The van der Waals surface area contributed by atoms with Crippen molar-refractivity contribution in [1.29, 1.82) is 0 Å². The third-order valence-electron chi connectivity index (χ3n) is 10.9. The molecule has 0 spiro atoms. The topological polar surface area (TPSA) is 455 Å². The van der Waals surface area contributed by atoms with Crippen molar-refractivity contribution in [3.63, 3.8) is 0 Å². The van der Waals surface area contributed by atoms with E-state index in [2.05, 4.69) is 0 Å². The molecule has 0 saturated heterocycles. The van der Waals surface area contributed by atoms with Gasteiger partial charge >= 0.3 is 29.8 Å². The lowest BCUT2D eigenvalue weighted by molar-refractivity contribution is -0.154. The van der Waals surface area contributed by atoms with E-state index in [9.17, 15) is 106 Å². The van der Waals surface area contributed by atoms with Gasteiger partial charge in [-0.05, 0) is 30.3 Å². The standard InChI is InChI=1S/C41H28O26/c42-11-1-7(2-12(43)23(11)47)37(58)64-16-6-63-38(59)8-3-13(44)24(48)27(51)17(8)18-9(4-14(45)25(49)28(18)52)39(60)65-34(16)36-35-32(56)22-21(41(62)66-35)20(30(54)33(57)31(22)55)19-10(40(61)67-36)5-15(46)26(50)29(19)53/h1-5,16,32,34-36,42-57H,6H2/t16-,32+,34+,35+,36-/m0/s1. The number of rotatable bonds is 3. The SMILES string of the molecule is O=C(O[C@H]1COC(=O)c2cc(O)c(O)c(O)c2-c2c(cc(O)c(O)c2O)C(=O)O[C@H]1[C@@H]1OC(=O)c2cc(O)c(O)c(O)c2-c2c(O)c(O)c(O)c3c2C(=O)O[C@@H]1[C@@H]3O)c1cc(O)c(O)c(O)c1. The molecule has 4 bridgehead atoms. The van der Waals surface area contributed by atoms with Crippen molar-refractivity contribution in [2.75, 3.05) is 6.61 Å². The summed E-state index contributed by atoms with van der Waals surface area (Å²) in [6, 6.07) is 2.15. The quantitative estimate of drug-likeness (QED) is 0.0689. The molecule has 9 rings (SSSR count). The fraction of sp³-hybridized carbons (Fsp3) is 0.146. The number of benzene rings is 5. The van der Waals surface area contributed by atoms with Gasteiger partial charge in [-0.25, -0.2) is 24.0 Å². The van der Waals surface area contributed by atoms with Crippen LogP contribution in [0.2, 0.25) is 0 Å². The molecule has 67 heavy (non-hydrogen) atoms. The number of hydrogen-bond acceptors (Lipinski definition) is 26. The first-order valence-electron chi connectivity index (χ1n) is 18.6. The lowest BCUT2D eigenvalue weighted by Crippen LogP contribution is -2.56. The Kier molecular flexibility index (Phi) is 10.1. The number of phenols is 15. The van der Waals surface area contributed by atoms with Crippen LogP contribution in [0.15, 0.2) is 30.3 Å². The highest BCUT2D eigenvalue weighted by molar-refractivity contribution is 6.11. The van der Waals surface area contributed by atoms with Crippen LogP contribution in [-0.4, -0.2) is 143 Å². The minimum atomic E-state index is -2.79. The molecule has 16 N–H and O–H groups in total. The van der Waals surface area contributed by atoms with Crippen LogP contribution in [0, 0.1) is 0 Å². The van der Waals surface area contributed by atoms with Crippen molar-refractivity contribution in [2.24, 2.45) is 0 Å². The van der Waals surface area contributed by atoms with Crippen LogP contribution in [0.4, 0.5) is 0 Å². The number of carbonyl (C=O) groups excluding carboxylic acids is 5. The molecule has 0 fully saturated rings. The summed E-state index contributed by atoms with van der Waals surface area (Å²) >= 11 is 0. The van der Waals surface area contributed by atoms with Gasteiger partial charge in [-0.3, -0.25) is 0 Å². The molecule has 0 radical (unpaired) electrons. The smallest absolute Gasteiger partial charge is 0.339 e. The van der Waals surface area contributed by atoms with E-state index >= 15 is 0 Å². The highest BCUT2D eigenvalue weighted by atomic mass is 16.6. The fourth-order valence-electron chi connectivity index (χ4n) is 7.72. The summed E-state index contributed by atoms with van der Waals surface area (Å²) in [5.41, 5.74) is -11.0. The maximum Gasteiger partial charge on any atom is 0.339 e. The second kappa shape index (κ2) is 15.3. The predicted octanol–water partition coefficient (Wildman–Crippen LogP) is 1.34. The van der Waals surface area contributed by atoms with E-state index in [0.29, 0.717) is 30.3 Å². The third kappa shape index (κ3) is 6.57. The molecule has 0 aromatic heterocycles.